The summed E-state index contributed by atoms with van der Waals surface area (Å²) >= 11 is 8.76. The smallest absolute Gasteiger partial charge is 0.263 e. The lowest BCUT2D eigenvalue weighted by molar-refractivity contribution is 0.0954. The highest BCUT2D eigenvalue weighted by molar-refractivity contribution is 7.24. The number of thiophene rings is 1. The van der Waals surface area contributed by atoms with Crippen molar-refractivity contribution in [2.45, 2.75) is 13.5 Å². The Morgan fingerprint density at radius 3 is 2.92 bits per heavy atom. The molecule has 0 spiro atoms. The SMILES string of the molecule is Cc1nc(-c2ccc(Cl)s2)sc1C(=O)NCc1cccc(OCC#N)c1. The Bertz CT molecular complexity index is 975. The van der Waals surface area contributed by atoms with Gasteiger partial charge in [0, 0.05) is 6.54 Å². The van der Waals surface area contributed by atoms with Gasteiger partial charge in [-0.05, 0) is 36.8 Å². The standard InChI is InChI=1S/C18H14ClN3O2S2/c1-11-16(26-18(22-11)14-5-6-15(19)25-14)17(23)21-10-12-3-2-4-13(9-12)24-8-7-20/h2-6,9H,8,10H2,1H3,(H,21,23). The zero-order chi connectivity index (χ0) is 18.5. The number of rotatable bonds is 6. The molecule has 0 radical (unpaired) electrons. The molecular weight excluding hydrogens is 390 g/mol. The zero-order valence-corrected chi connectivity index (χ0v) is 16.2. The van der Waals surface area contributed by atoms with E-state index in [0.717, 1.165) is 15.4 Å². The normalized spacial score (nSPS) is 10.3. The highest BCUT2D eigenvalue weighted by atomic mass is 35.5. The largest absolute Gasteiger partial charge is 0.479 e. The number of carbonyl (C=O) groups excluding carboxylic acids is 1. The highest BCUT2D eigenvalue weighted by Crippen LogP contribution is 2.34. The molecular formula is C18H14ClN3O2S2. The molecule has 2 heterocycles. The molecule has 2 aromatic heterocycles. The lowest BCUT2D eigenvalue weighted by Crippen LogP contribution is -2.22. The van der Waals surface area contributed by atoms with E-state index in [9.17, 15) is 4.79 Å². The number of nitrogens with zero attached hydrogens (tertiary/aromatic N) is 2. The molecule has 3 aromatic rings. The number of aryl methyl sites for hydroxylation is 1. The lowest BCUT2D eigenvalue weighted by Gasteiger charge is -2.07. The van der Waals surface area contributed by atoms with Gasteiger partial charge in [0.05, 0.1) is 14.9 Å². The molecule has 0 atom stereocenters. The first kappa shape index (κ1) is 18.4. The maximum Gasteiger partial charge on any atom is 0.263 e. The van der Waals surface area contributed by atoms with Crippen LogP contribution in [0.3, 0.4) is 0 Å². The second-order valence-electron chi connectivity index (χ2n) is 5.31. The number of carbonyl (C=O) groups is 1. The van der Waals surface area contributed by atoms with Crippen molar-refractivity contribution in [1.29, 1.82) is 5.26 Å². The zero-order valence-electron chi connectivity index (χ0n) is 13.8. The van der Waals surface area contributed by atoms with Crippen molar-refractivity contribution in [3.63, 3.8) is 0 Å². The minimum atomic E-state index is -0.169. The third kappa shape index (κ3) is 4.41. The van der Waals surface area contributed by atoms with E-state index in [1.165, 1.54) is 22.7 Å². The topological polar surface area (TPSA) is 75.0 Å². The quantitative estimate of drug-likeness (QED) is 0.649. The highest BCUT2D eigenvalue weighted by Gasteiger charge is 2.17. The van der Waals surface area contributed by atoms with E-state index in [4.69, 9.17) is 21.6 Å². The van der Waals surface area contributed by atoms with Crippen molar-refractivity contribution in [1.82, 2.24) is 10.3 Å². The molecule has 5 nitrogen and oxygen atoms in total. The van der Waals surface area contributed by atoms with Crippen molar-refractivity contribution in [3.05, 3.63) is 56.9 Å². The molecule has 8 heteroatoms. The fourth-order valence-corrected chi connectivity index (χ4v) is 4.35. The molecule has 0 bridgehead atoms. The van der Waals surface area contributed by atoms with Crippen LogP contribution < -0.4 is 10.1 Å². The van der Waals surface area contributed by atoms with Crippen molar-refractivity contribution in [2.24, 2.45) is 0 Å². The van der Waals surface area contributed by atoms with Crippen LogP contribution in [0.2, 0.25) is 4.34 Å². The van der Waals surface area contributed by atoms with Crippen LogP contribution in [0.4, 0.5) is 0 Å². The first-order valence-corrected chi connectivity index (χ1v) is 9.68. The number of nitrogens with one attached hydrogen (secondary N) is 1. The molecule has 26 heavy (non-hydrogen) atoms. The summed E-state index contributed by atoms with van der Waals surface area (Å²) < 4.78 is 5.96. The van der Waals surface area contributed by atoms with Gasteiger partial charge in [-0.1, -0.05) is 23.7 Å². The van der Waals surface area contributed by atoms with Gasteiger partial charge >= 0.3 is 0 Å². The van der Waals surface area contributed by atoms with Crippen LogP contribution in [0, 0.1) is 18.3 Å². The first-order valence-electron chi connectivity index (χ1n) is 7.67. The van der Waals surface area contributed by atoms with E-state index in [1.807, 2.05) is 37.3 Å². The number of aromatic nitrogens is 1. The van der Waals surface area contributed by atoms with Crippen LogP contribution in [0.1, 0.15) is 20.9 Å². The Labute approximate surface area is 163 Å². The number of amides is 1. The second-order valence-corrected chi connectivity index (χ2v) is 8.03. The number of nitriles is 1. The molecule has 1 aromatic carbocycles. The van der Waals surface area contributed by atoms with Crippen LogP contribution in [-0.4, -0.2) is 17.5 Å². The molecule has 0 fully saturated rings. The minimum Gasteiger partial charge on any atom is -0.479 e. The number of ether oxygens (including phenoxy) is 1. The van der Waals surface area contributed by atoms with Gasteiger partial charge in [0.2, 0.25) is 0 Å². The fraction of sp³-hybridized carbons (Fsp3) is 0.167. The third-order valence-corrected chi connectivity index (χ3v) is 6.00. The van der Waals surface area contributed by atoms with Crippen molar-refractivity contribution >= 4 is 40.2 Å². The number of hydrogen-bond acceptors (Lipinski definition) is 6. The van der Waals surface area contributed by atoms with Gasteiger partial charge in [-0.25, -0.2) is 4.98 Å². The van der Waals surface area contributed by atoms with Crippen LogP contribution in [-0.2, 0) is 6.54 Å². The Kier molecular flexibility index (Phi) is 5.89. The van der Waals surface area contributed by atoms with Crippen LogP contribution in [0.25, 0.3) is 9.88 Å². The van der Waals surface area contributed by atoms with Crippen molar-refractivity contribution in [3.8, 4) is 21.7 Å². The summed E-state index contributed by atoms with van der Waals surface area (Å²) in [5.41, 5.74) is 1.58. The summed E-state index contributed by atoms with van der Waals surface area (Å²) in [6, 6.07) is 12.9. The fourth-order valence-electron chi connectivity index (χ4n) is 2.27. The van der Waals surface area contributed by atoms with Crippen LogP contribution in [0.5, 0.6) is 5.75 Å². The van der Waals surface area contributed by atoms with Gasteiger partial charge in [-0.2, -0.15) is 5.26 Å². The number of hydrogen-bond donors (Lipinski definition) is 1. The Hall–Kier alpha value is -2.40. The van der Waals surface area contributed by atoms with E-state index in [-0.39, 0.29) is 12.5 Å². The molecule has 0 saturated heterocycles. The molecule has 132 valence electrons. The number of thiazole rings is 1. The minimum absolute atomic E-state index is 0.00855. The number of benzene rings is 1. The maximum absolute atomic E-state index is 12.5. The molecule has 0 aliphatic heterocycles. The predicted molar refractivity (Wildman–Crippen MR) is 104 cm³/mol. The van der Waals surface area contributed by atoms with Gasteiger partial charge < -0.3 is 10.1 Å². The third-order valence-electron chi connectivity index (χ3n) is 3.44. The van der Waals surface area contributed by atoms with Crippen LogP contribution in [0.15, 0.2) is 36.4 Å². The van der Waals surface area contributed by atoms with Gasteiger partial charge in [0.15, 0.2) is 6.61 Å². The Balaban J connectivity index is 1.67. The maximum atomic E-state index is 12.5. The molecule has 0 saturated carbocycles. The van der Waals surface area contributed by atoms with Crippen molar-refractivity contribution in [2.75, 3.05) is 6.61 Å². The Morgan fingerprint density at radius 2 is 2.19 bits per heavy atom. The summed E-state index contributed by atoms with van der Waals surface area (Å²) in [7, 11) is 0. The average Bonchev–Trinajstić information content (AvgIpc) is 3.24. The van der Waals surface area contributed by atoms with Gasteiger partial charge in [-0.3, -0.25) is 4.79 Å². The van der Waals surface area contributed by atoms with E-state index in [0.29, 0.717) is 27.2 Å². The van der Waals surface area contributed by atoms with Crippen molar-refractivity contribution < 1.29 is 9.53 Å². The van der Waals surface area contributed by atoms with E-state index >= 15 is 0 Å². The molecule has 1 amide bonds. The summed E-state index contributed by atoms with van der Waals surface area (Å²) in [5, 5.41) is 12.3. The van der Waals surface area contributed by atoms with E-state index in [2.05, 4.69) is 10.3 Å². The molecule has 0 aliphatic carbocycles. The summed E-state index contributed by atoms with van der Waals surface area (Å²) in [5.74, 6) is 0.432. The number of halogens is 1. The first-order chi connectivity index (χ1) is 12.6. The summed E-state index contributed by atoms with van der Waals surface area (Å²) in [6.45, 7) is 2.17. The van der Waals surface area contributed by atoms with Gasteiger partial charge in [0.25, 0.3) is 5.91 Å². The predicted octanol–water partition coefficient (Wildman–Crippen LogP) is 4.67. The Morgan fingerprint density at radius 1 is 1.35 bits per heavy atom. The van der Waals surface area contributed by atoms with Gasteiger partial charge in [0.1, 0.15) is 21.7 Å². The molecule has 1 N–H and O–H groups in total. The van der Waals surface area contributed by atoms with E-state index in [1.54, 1.807) is 12.1 Å². The second kappa shape index (κ2) is 8.32. The van der Waals surface area contributed by atoms with Gasteiger partial charge in [-0.15, -0.1) is 22.7 Å². The summed E-state index contributed by atoms with van der Waals surface area (Å²) in [4.78, 5) is 18.5. The monoisotopic (exact) mass is 403 g/mol. The van der Waals surface area contributed by atoms with Crippen LogP contribution >= 0.6 is 34.3 Å². The molecule has 3 rings (SSSR count). The summed E-state index contributed by atoms with van der Waals surface area (Å²) in [6.07, 6.45) is 0. The molecule has 0 aliphatic rings. The van der Waals surface area contributed by atoms with E-state index < -0.39 is 0 Å². The lowest BCUT2D eigenvalue weighted by atomic mass is 10.2. The molecule has 0 unspecified atom stereocenters. The average molecular weight is 404 g/mol.